The molecular formula is C48H55ClFN11O7. The molecule has 5 N–H and O–H groups in total. The van der Waals surface area contributed by atoms with E-state index in [1.807, 2.05) is 47.5 Å². The Labute approximate surface area is 398 Å². The first-order chi connectivity index (χ1) is 32.9. The number of nitrogens with zero attached hydrogens (tertiary/aromatic N) is 7. The first-order valence-corrected chi connectivity index (χ1v) is 22.3. The van der Waals surface area contributed by atoms with Crippen LogP contribution in [0.25, 0.3) is 0 Å². The molecule has 2 aliphatic heterocycles. The van der Waals surface area contributed by atoms with Crippen LogP contribution in [-0.4, -0.2) is 119 Å². The smallest absolute Gasteiger partial charge is 0.337 e. The standard InChI is InChI=1S/C34H37ClFN7O5.C14H18N4O2/c1-22-37-10-12-41(22)13-11-38-28-16-23(34(45)46-2)7-9-27(28)39-32(44)18-42-14-15-43(30-21-47-20-29(30)42)31-4-3-5-33(40-31)48-19-24-6-8-25(35)17-26(24)36;1-10-16-5-7-18(10)8-6-17-13-9-11(14(19)20-2)3-4-12(13)15/h3-10,12,16-17,29-30,38H,11,13-15,18-21H2,1-2H3,(H,39,44);3-5,7,9,17H,6,8,15H2,1-2H3/t29-,30+;/m1./s1. The van der Waals surface area contributed by atoms with Crippen molar-refractivity contribution in [2.75, 3.05) is 86.7 Å². The molecule has 2 aliphatic rings. The fraction of sp³-hybridized carbons (Fsp3) is 0.333. The van der Waals surface area contributed by atoms with Crippen molar-refractivity contribution in [1.29, 1.82) is 0 Å². The van der Waals surface area contributed by atoms with Gasteiger partial charge < -0.3 is 54.7 Å². The summed E-state index contributed by atoms with van der Waals surface area (Å²) in [5, 5.41) is 9.91. The van der Waals surface area contributed by atoms with Crippen LogP contribution in [0.15, 0.2) is 97.6 Å². The van der Waals surface area contributed by atoms with Crippen LogP contribution in [0.5, 0.6) is 5.88 Å². The van der Waals surface area contributed by atoms with E-state index in [0.717, 1.165) is 29.7 Å². The third-order valence-corrected chi connectivity index (χ3v) is 11.9. The first-order valence-electron chi connectivity index (χ1n) is 22.0. The lowest BCUT2D eigenvalue weighted by Crippen LogP contribution is -2.60. The van der Waals surface area contributed by atoms with Gasteiger partial charge in [-0.1, -0.05) is 23.7 Å². The highest BCUT2D eigenvalue weighted by Gasteiger charge is 2.42. The largest absolute Gasteiger partial charge is 0.473 e. The van der Waals surface area contributed by atoms with E-state index < -0.39 is 11.8 Å². The van der Waals surface area contributed by atoms with E-state index in [2.05, 4.69) is 35.7 Å². The number of piperazine rings is 1. The summed E-state index contributed by atoms with van der Waals surface area (Å²) in [5.41, 5.74) is 9.62. The highest BCUT2D eigenvalue weighted by Crippen LogP contribution is 2.30. The minimum absolute atomic E-state index is 0.0183. The number of hydrogen-bond donors (Lipinski definition) is 4. The Kier molecular flexibility index (Phi) is 16.5. The van der Waals surface area contributed by atoms with E-state index in [1.165, 1.54) is 20.3 Å². The van der Waals surface area contributed by atoms with Crippen LogP contribution >= 0.6 is 11.6 Å². The van der Waals surface area contributed by atoms with Crippen LogP contribution in [0.1, 0.15) is 37.9 Å². The van der Waals surface area contributed by atoms with Gasteiger partial charge in [0.1, 0.15) is 29.9 Å². The van der Waals surface area contributed by atoms with E-state index in [1.54, 1.807) is 67.0 Å². The number of halogens is 2. The van der Waals surface area contributed by atoms with E-state index in [4.69, 9.17) is 41.3 Å². The highest BCUT2D eigenvalue weighted by molar-refractivity contribution is 6.30. The number of benzene rings is 3. The second-order valence-electron chi connectivity index (χ2n) is 16.0. The van der Waals surface area contributed by atoms with Gasteiger partial charge in [0.15, 0.2) is 0 Å². The minimum atomic E-state index is -0.464. The van der Waals surface area contributed by atoms with Crippen LogP contribution in [0, 0.1) is 19.7 Å². The van der Waals surface area contributed by atoms with Gasteiger partial charge in [0.25, 0.3) is 0 Å². The van der Waals surface area contributed by atoms with Crippen LogP contribution < -0.4 is 31.3 Å². The lowest BCUT2D eigenvalue weighted by atomic mass is 10.0. The number of fused-ring (bicyclic) bond motifs is 1. The summed E-state index contributed by atoms with van der Waals surface area (Å²) >= 11 is 5.87. The van der Waals surface area contributed by atoms with Crippen molar-refractivity contribution >= 4 is 58.0 Å². The maximum absolute atomic E-state index is 14.2. The number of aromatic nitrogens is 5. The summed E-state index contributed by atoms with van der Waals surface area (Å²) in [5.74, 6) is 1.50. The molecule has 358 valence electrons. The number of nitrogen functional groups attached to an aromatic ring is 1. The summed E-state index contributed by atoms with van der Waals surface area (Å²) in [4.78, 5) is 54.6. The molecule has 3 aromatic carbocycles. The Bertz CT molecular complexity index is 2700. The molecular weight excluding hydrogens is 897 g/mol. The predicted octanol–water partition coefficient (Wildman–Crippen LogP) is 6.06. The zero-order valence-corrected chi connectivity index (χ0v) is 39.0. The number of nitrogens with one attached hydrogen (secondary N) is 3. The second kappa shape index (κ2) is 23.0. The molecule has 5 heterocycles. The Balaban J connectivity index is 0.000000286. The molecule has 1 amide bonds. The van der Waals surface area contributed by atoms with Crippen LogP contribution in [-0.2, 0) is 38.7 Å². The van der Waals surface area contributed by atoms with Gasteiger partial charge in [-0.25, -0.2) is 23.9 Å². The molecule has 0 spiro atoms. The number of esters is 2. The van der Waals surface area contributed by atoms with E-state index >= 15 is 0 Å². The van der Waals surface area contributed by atoms with Gasteiger partial charge in [-0.3, -0.25) is 9.69 Å². The molecule has 2 saturated heterocycles. The first kappa shape index (κ1) is 48.7. The Hall–Kier alpha value is -7.22. The van der Waals surface area contributed by atoms with Gasteiger partial charge in [0, 0.05) is 80.7 Å². The number of methoxy groups -OCH3 is 2. The zero-order valence-electron chi connectivity index (χ0n) is 38.3. The third-order valence-electron chi connectivity index (χ3n) is 11.6. The van der Waals surface area contributed by atoms with E-state index in [-0.39, 0.29) is 37.1 Å². The van der Waals surface area contributed by atoms with Crippen LogP contribution in [0.2, 0.25) is 5.02 Å². The molecule has 0 saturated carbocycles. The molecule has 6 aromatic rings. The van der Waals surface area contributed by atoms with Crippen LogP contribution in [0.4, 0.5) is 33.0 Å². The Morgan fingerprint density at radius 1 is 0.809 bits per heavy atom. The van der Waals surface area contributed by atoms with Crippen molar-refractivity contribution < 1.29 is 37.7 Å². The molecule has 18 nitrogen and oxygen atoms in total. The topological polar surface area (TPSA) is 205 Å². The number of imidazole rings is 2. The fourth-order valence-corrected chi connectivity index (χ4v) is 8.10. The quantitative estimate of drug-likeness (QED) is 0.0606. The Morgan fingerprint density at radius 2 is 1.46 bits per heavy atom. The normalized spacial score (nSPS) is 15.4. The molecule has 8 rings (SSSR count). The van der Waals surface area contributed by atoms with Crippen LogP contribution in [0.3, 0.4) is 0 Å². The monoisotopic (exact) mass is 951 g/mol. The summed E-state index contributed by atoms with van der Waals surface area (Å²) < 4.78 is 39.6. The number of hydrogen-bond acceptors (Lipinski definition) is 15. The van der Waals surface area contributed by atoms with Crippen molar-refractivity contribution in [2.24, 2.45) is 0 Å². The van der Waals surface area contributed by atoms with Crippen molar-refractivity contribution in [2.45, 2.75) is 45.6 Å². The SMILES string of the molecule is COC(=O)c1ccc(N)c(NCCn2ccnc2C)c1.COC(=O)c1ccc(NC(=O)CN2CCN(c3cccc(OCc4ccc(Cl)cc4F)n3)[C@H]3COC[C@H]32)c(NCCn2ccnc2C)c1. The molecule has 0 radical (unpaired) electrons. The fourth-order valence-electron chi connectivity index (χ4n) is 7.94. The van der Waals surface area contributed by atoms with Gasteiger partial charge in [-0.05, 0) is 68.4 Å². The Morgan fingerprint density at radius 3 is 2.10 bits per heavy atom. The number of aryl methyl sites for hydroxylation is 2. The molecule has 3 aromatic heterocycles. The number of amides is 1. The number of carbonyl (C=O) groups excluding carboxylic acids is 3. The van der Waals surface area contributed by atoms with Crippen molar-refractivity contribution in [3.63, 3.8) is 0 Å². The average Bonchev–Trinajstić information content (AvgIpc) is 4.11. The van der Waals surface area contributed by atoms with Crippen molar-refractivity contribution in [3.05, 3.63) is 137 Å². The predicted molar refractivity (Wildman–Crippen MR) is 257 cm³/mol. The van der Waals surface area contributed by atoms with Crippen molar-refractivity contribution in [3.8, 4) is 5.88 Å². The number of rotatable bonds is 17. The molecule has 68 heavy (non-hydrogen) atoms. The highest BCUT2D eigenvalue weighted by atomic mass is 35.5. The average molecular weight is 952 g/mol. The van der Waals surface area contributed by atoms with E-state index in [9.17, 15) is 18.8 Å². The van der Waals surface area contributed by atoms with Gasteiger partial charge in [0.05, 0.1) is 79.9 Å². The van der Waals surface area contributed by atoms with Gasteiger partial charge in [0.2, 0.25) is 11.8 Å². The molecule has 20 heteroatoms. The molecule has 0 bridgehead atoms. The maximum Gasteiger partial charge on any atom is 0.337 e. The van der Waals surface area contributed by atoms with Gasteiger partial charge in [-0.2, -0.15) is 4.98 Å². The number of nitrogens with two attached hydrogens (primary N) is 1. The number of ether oxygens (including phenoxy) is 4. The molecule has 0 unspecified atom stereocenters. The summed E-state index contributed by atoms with van der Waals surface area (Å²) in [7, 11) is 2.69. The zero-order chi connectivity index (χ0) is 48.2. The number of anilines is 5. The summed E-state index contributed by atoms with van der Waals surface area (Å²) in [6.45, 7) is 8.92. The molecule has 2 fully saturated rings. The van der Waals surface area contributed by atoms with Gasteiger partial charge in [-0.15, -0.1) is 0 Å². The third kappa shape index (κ3) is 12.4. The number of pyridine rings is 1. The summed E-state index contributed by atoms with van der Waals surface area (Å²) in [6, 6.07) is 20.0. The summed E-state index contributed by atoms with van der Waals surface area (Å²) in [6.07, 6.45) is 7.33. The second-order valence-corrected chi connectivity index (χ2v) is 16.4. The van der Waals surface area contributed by atoms with E-state index in [0.29, 0.717) is 90.6 Å². The lowest BCUT2D eigenvalue weighted by Gasteiger charge is -2.43. The van der Waals surface area contributed by atoms with Crippen molar-refractivity contribution in [1.82, 2.24) is 29.0 Å². The molecule has 0 aliphatic carbocycles. The van der Waals surface area contributed by atoms with Gasteiger partial charge >= 0.3 is 11.9 Å². The molecule has 2 atom stereocenters. The minimum Gasteiger partial charge on any atom is -0.473 e. The lowest BCUT2D eigenvalue weighted by molar-refractivity contribution is -0.118. The number of carbonyl (C=O) groups is 3. The maximum atomic E-state index is 14.2.